The van der Waals surface area contributed by atoms with Crippen LogP contribution in [0, 0.1) is 0 Å². The second kappa shape index (κ2) is 9.12. The van der Waals surface area contributed by atoms with E-state index in [1.807, 2.05) is 24.3 Å². The summed E-state index contributed by atoms with van der Waals surface area (Å²) in [6, 6.07) is 8.00. The van der Waals surface area contributed by atoms with Crippen molar-refractivity contribution in [3.05, 3.63) is 35.4 Å². The summed E-state index contributed by atoms with van der Waals surface area (Å²) in [5, 5.41) is 10.2. The van der Waals surface area contributed by atoms with E-state index < -0.39 is 0 Å². The molecule has 102 valence electrons. The monoisotopic (exact) mass is 250 g/mol. The lowest BCUT2D eigenvalue weighted by molar-refractivity contribution is 0.151. The minimum atomic E-state index is -0.349. The van der Waals surface area contributed by atoms with Crippen LogP contribution in [0.15, 0.2) is 24.3 Å². The average molecular weight is 250 g/mol. The maximum absolute atomic E-state index is 10.2. The van der Waals surface area contributed by atoms with Crippen LogP contribution in [-0.4, -0.2) is 12.2 Å². The smallest absolute Gasteiger partial charge is 0.0793 e. The number of ether oxygens (including phenoxy) is 1. The molecule has 0 spiro atoms. The van der Waals surface area contributed by atoms with Crippen LogP contribution in [0.3, 0.4) is 0 Å². The van der Waals surface area contributed by atoms with Gasteiger partial charge in [0.2, 0.25) is 0 Å². The zero-order valence-electron chi connectivity index (χ0n) is 11.7. The molecule has 0 aliphatic carbocycles. The molecule has 0 amide bonds. The molecule has 1 rings (SSSR count). The fourth-order valence-corrected chi connectivity index (χ4v) is 2.24. The molecule has 0 heterocycles. The molecule has 1 atom stereocenters. The number of aliphatic hydroxyl groups excluding tert-OH is 1. The van der Waals surface area contributed by atoms with Gasteiger partial charge in [0, 0.05) is 7.11 Å². The average Bonchev–Trinajstić information content (AvgIpc) is 2.39. The summed E-state index contributed by atoms with van der Waals surface area (Å²) in [4.78, 5) is 0. The number of benzene rings is 1. The topological polar surface area (TPSA) is 29.5 Å². The van der Waals surface area contributed by atoms with E-state index in [0.717, 1.165) is 24.0 Å². The molecule has 18 heavy (non-hydrogen) atoms. The third-order valence-electron chi connectivity index (χ3n) is 3.30. The number of methoxy groups -OCH3 is 1. The van der Waals surface area contributed by atoms with Gasteiger partial charge in [-0.2, -0.15) is 0 Å². The summed E-state index contributed by atoms with van der Waals surface area (Å²) in [5.41, 5.74) is 2.12. The first-order valence-corrected chi connectivity index (χ1v) is 7.04. The highest BCUT2D eigenvalue weighted by atomic mass is 16.5. The molecule has 2 heteroatoms. The van der Waals surface area contributed by atoms with Crippen LogP contribution in [0.4, 0.5) is 0 Å². The van der Waals surface area contributed by atoms with Crippen molar-refractivity contribution in [2.24, 2.45) is 0 Å². The summed E-state index contributed by atoms with van der Waals surface area (Å²) in [6.07, 6.45) is 6.67. The molecule has 0 saturated heterocycles. The van der Waals surface area contributed by atoms with Gasteiger partial charge >= 0.3 is 0 Å². The van der Waals surface area contributed by atoms with Crippen LogP contribution in [0.5, 0.6) is 0 Å². The minimum absolute atomic E-state index is 0.349. The normalized spacial score (nSPS) is 12.6. The first-order valence-electron chi connectivity index (χ1n) is 7.04. The Morgan fingerprint density at radius 2 is 1.83 bits per heavy atom. The fourth-order valence-electron chi connectivity index (χ4n) is 2.24. The van der Waals surface area contributed by atoms with Gasteiger partial charge in [0.25, 0.3) is 0 Å². The van der Waals surface area contributed by atoms with Crippen molar-refractivity contribution in [2.45, 2.75) is 58.2 Å². The van der Waals surface area contributed by atoms with E-state index in [4.69, 9.17) is 4.74 Å². The Balaban J connectivity index is 2.42. The van der Waals surface area contributed by atoms with Crippen LogP contribution < -0.4 is 0 Å². The second-order valence-electron chi connectivity index (χ2n) is 4.85. The van der Waals surface area contributed by atoms with Gasteiger partial charge in [-0.3, -0.25) is 0 Å². The number of rotatable bonds is 9. The highest BCUT2D eigenvalue weighted by molar-refractivity contribution is 5.28. The summed E-state index contributed by atoms with van der Waals surface area (Å²) in [7, 11) is 1.69. The molecule has 0 bridgehead atoms. The summed E-state index contributed by atoms with van der Waals surface area (Å²) in [5.74, 6) is 0. The van der Waals surface area contributed by atoms with Crippen molar-refractivity contribution in [1.82, 2.24) is 0 Å². The molecule has 0 aliphatic rings. The lowest BCUT2D eigenvalue weighted by Crippen LogP contribution is -2.03. The maximum atomic E-state index is 10.2. The molecule has 0 fully saturated rings. The molecule has 2 nitrogen and oxygen atoms in total. The van der Waals surface area contributed by atoms with E-state index >= 15 is 0 Å². The zero-order valence-corrected chi connectivity index (χ0v) is 11.7. The van der Waals surface area contributed by atoms with Crippen LogP contribution in [0.25, 0.3) is 0 Å². The Hall–Kier alpha value is -0.860. The maximum Gasteiger partial charge on any atom is 0.0793 e. The lowest BCUT2D eigenvalue weighted by Gasteiger charge is -2.15. The zero-order chi connectivity index (χ0) is 13.2. The van der Waals surface area contributed by atoms with Gasteiger partial charge in [-0.25, -0.2) is 0 Å². The van der Waals surface area contributed by atoms with E-state index in [2.05, 4.69) is 6.92 Å². The largest absolute Gasteiger partial charge is 0.388 e. The van der Waals surface area contributed by atoms with Crippen molar-refractivity contribution in [1.29, 1.82) is 0 Å². The van der Waals surface area contributed by atoms with Crippen molar-refractivity contribution >= 4 is 0 Å². The number of hydrogen-bond acceptors (Lipinski definition) is 2. The van der Waals surface area contributed by atoms with Crippen LogP contribution in [0.1, 0.15) is 62.7 Å². The molecular weight excluding hydrogens is 224 g/mol. The molecule has 0 aliphatic heterocycles. The standard InChI is InChI=1S/C16H26O2/c1-3-4-5-6-7-12-16(17)15-11-9-8-10-14(15)13-18-2/h8-11,16-17H,3-7,12-13H2,1-2H3. The van der Waals surface area contributed by atoms with Crippen LogP contribution in [0.2, 0.25) is 0 Å². The molecule has 1 aromatic carbocycles. The Morgan fingerprint density at radius 1 is 1.11 bits per heavy atom. The van der Waals surface area contributed by atoms with Gasteiger partial charge in [0.1, 0.15) is 0 Å². The van der Waals surface area contributed by atoms with Crippen LogP contribution in [-0.2, 0) is 11.3 Å². The van der Waals surface area contributed by atoms with Crippen molar-refractivity contribution in [3.63, 3.8) is 0 Å². The molecule has 1 unspecified atom stereocenters. The third-order valence-corrected chi connectivity index (χ3v) is 3.30. The molecule has 1 N–H and O–H groups in total. The quantitative estimate of drug-likeness (QED) is 0.665. The first kappa shape index (κ1) is 15.2. The van der Waals surface area contributed by atoms with Gasteiger partial charge in [-0.15, -0.1) is 0 Å². The van der Waals surface area contributed by atoms with Gasteiger partial charge < -0.3 is 9.84 Å². The van der Waals surface area contributed by atoms with E-state index in [1.54, 1.807) is 7.11 Å². The van der Waals surface area contributed by atoms with Gasteiger partial charge in [-0.05, 0) is 17.5 Å². The van der Waals surface area contributed by atoms with Crippen LogP contribution >= 0.6 is 0 Å². The Labute approximate surface area is 111 Å². The Kier molecular flexibility index (Phi) is 7.70. The molecule has 0 saturated carbocycles. The van der Waals surface area contributed by atoms with E-state index in [9.17, 15) is 5.11 Å². The van der Waals surface area contributed by atoms with Crippen molar-refractivity contribution in [2.75, 3.05) is 7.11 Å². The lowest BCUT2D eigenvalue weighted by atomic mass is 9.98. The van der Waals surface area contributed by atoms with Gasteiger partial charge in [-0.1, -0.05) is 63.3 Å². The predicted octanol–water partition coefficient (Wildman–Crippen LogP) is 4.23. The number of aliphatic hydroxyl groups is 1. The second-order valence-corrected chi connectivity index (χ2v) is 4.85. The van der Waals surface area contributed by atoms with E-state index in [1.165, 1.54) is 25.7 Å². The highest BCUT2D eigenvalue weighted by Gasteiger charge is 2.11. The third kappa shape index (κ3) is 5.19. The minimum Gasteiger partial charge on any atom is -0.388 e. The summed E-state index contributed by atoms with van der Waals surface area (Å²) < 4.78 is 5.17. The Morgan fingerprint density at radius 3 is 2.56 bits per heavy atom. The number of unbranched alkanes of at least 4 members (excludes halogenated alkanes) is 4. The molecule has 0 aromatic heterocycles. The van der Waals surface area contributed by atoms with Gasteiger partial charge in [0.15, 0.2) is 0 Å². The first-order chi connectivity index (χ1) is 8.79. The highest BCUT2D eigenvalue weighted by Crippen LogP contribution is 2.23. The van der Waals surface area contributed by atoms with Gasteiger partial charge in [0.05, 0.1) is 12.7 Å². The Bertz CT molecular complexity index is 323. The van der Waals surface area contributed by atoms with E-state index in [-0.39, 0.29) is 6.10 Å². The summed E-state index contributed by atoms with van der Waals surface area (Å²) in [6.45, 7) is 2.79. The van der Waals surface area contributed by atoms with E-state index in [0.29, 0.717) is 6.61 Å². The molecule has 1 aromatic rings. The van der Waals surface area contributed by atoms with Crippen molar-refractivity contribution in [3.8, 4) is 0 Å². The molecular formula is C16H26O2. The fraction of sp³-hybridized carbons (Fsp3) is 0.625. The number of hydrogen-bond donors (Lipinski definition) is 1. The summed E-state index contributed by atoms with van der Waals surface area (Å²) >= 11 is 0. The predicted molar refractivity (Wildman–Crippen MR) is 75.5 cm³/mol. The molecule has 0 radical (unpaired) electrons. The SMILES string of the molecule is CCCCCCCC(O)c1ccccc1COC. The van der Waals surface area contributed by atoms with Crippen molar-refractivity contribution < 1.29 is 9.84 Å².